The maximum Gasteiger partial charge on any atom is 0.253 e. The number of nitrogens with zero attached hydrogens (tertiary/aromatic N) is 2. The fourth-order valence-electron chi connectivity index (χ4n) is 2.61. The lowest BCUT2D eigenvalue weighted by atomic mass is 9.96. The molecule has 0 saturated carbocycles. The second kappa shape index (κ2) is 6.37. The number of primary amides is 1. The highest BCUT2D eigenvalue weighted by Gasteiger charge is 2.38. The Hall–Kier alpha value is -2.39. The summed E-state index contributed by atoms with van der Waals surface area (Å²) < 4.78 is 5.09. The molecule has 1 aliphatic rings. The fourth-order valence-corrected chi connectivity index (χ4v) is 2.61. The molecule has 1 fully saturated rings. The van der Waals surface area contributed by atoms with E-state index in [4.69, 9.17) is 15.7 Å². The molecule has 1 saturated heterocycles. The van der Waals surface area contributed by atoms with Gasteiger partial charge in [-0.05, 0) is 24.3 Å². The first kappa shape index (κ1) is 15.0. The molecular weight excluding hydrogens is 270 g/mol. The Morgan fingerprint density at radius 3 is 2.57 bits per heavy atom. The van der Waals surface area contributed by atoms with Crippen molar-refractivity contribution < 1.29 is 14.3 Å². The third kappa shape index (κ3) is 3.20. The van der Waals surface area contributed by atoms with Crippen LogP contribution in [0.1, 0.15) is 15.9 Å². The Morgan fingerprint density at radius 2 is 2.05 bits per heavy atom. The molecule has 1 heterocycles. The minimum absolute atomic E-state index is 0.0742. The van der Waals surface area contributed by atoms with Crippen molar-refractivity contribution in [3.8, 4) is 6.07 Å². The first-order chi connectivity index (χ1) is 10.1. The highest BCUT2D eigenvalue weighted by Crippen LogP contribution is 2.25. The van der Waals surface area contributed by atoms with Gasteiger partial charge in [-0.2, -0.15) is 5.26 Å². The molecule has 6 heteroatoms. The van der Waals surface area contributed by atoms with Gasteiger partial charge in [-0.15, -0.1) is 0 Å². The highest BCUT2D eigenvalue weighted by atomic mass is 16.5. The summed E-state index contributed by atoms with van der Waals surface area (Å²) in [7, 11) is 1.56. The molecule has 0 aliphatic carbocycles. The van der Waals surface area contributed by atoms with Crippen molar-refractivity contribution in [1.29, 1.82) is 5.26 Å². The van der Waals surface area contributed by atoms with Crippen LogP contribution in [0.4, 0.5) is 0 Å². The van der Waals surface area contributed by atoms with Crippen molar-refractivity contribution in [2.24, 2.45) is 17.6 Å². The van der Waals surface area contributed by atoms with Crippen LogP contribution in [-0.2, 0) is 9.53 Å². The van der Waals surface area contributed by atoms with Gasteiger partial charge in [0, 0.05) is 31.7 Å². The minimum atomic E-state index is -0.410. The predicted molar refractivity (Wildman–Crippen MR) is 75.1 cm³/mol. The van der Waals surface area contributed by atoms with E-state index in [1.165, 1.54) is 0 Å². The normalized spacial score (nSPS) is 21.0. The fraction of sp³-hybridized carbons (Fsp3) is 0.400. The third-order valence-electron chi connectivity index (χ3n) is 3.74. The average molecular weight is 287 g/mol. The van der Waals surface area contributed by atoms with Gasteiger partial charge in [-0.1, -0.05) is 0 Å². The second-order valence-electron chi connectivity index (χ2n) is 5.12. The van der Waals surface area contributed by atoms with Gasteiger partial charge in [0.25, 0.3) is 5.91 Å². The Kier molecular flexibility index (Phi) is 4.55. The number of rotatable bonds is 4. The number of nitriles is 1. The number of hydrogen-bond donors (Lipinski definition) is 1. The number of carbonyl (C=O) groups is 2. The van der Waals surface area contributed by atoms with Crippen LogP contribution in [0, 0.1) is 23.2 Å². The second-order valence-corrected chi connectivity index (χ2v) is 5.12. The van der Waals surface area contributed by atoms with Gasteiger partial charge < -0.3 is 15.4 Å². The summed E-state index contributed by atoms with van der Waals surface area (Å²) in [6.07, 6.45) is 0. The van der Waals surface area contributed by atoms with Crippen molar-refractivity contribution in [3.05, 3.63) is 35.4 Å². The molecule has 2 amide bonds. The smallest absolute Gasteiger partial charge is 0.253 e. The van der Waals surface area contributed by atoms with Gasteiger partial charge in [0.15, 0.2) is 0 Å². The van der Waals surface area contributed by atoms with E-state index in [0.717, 1.165) is 0 Å². The molecule has 6 nitrogen and oxygen atoms in total. The summed E-state index contributed by atoms with van der Waals surface area (Å²) in [6, 6.07) is 8.43. The van der Waals surface area contributed by atoms with Crippen LogP contribution < -0.4 is 5.73 Å². The molecule has 110 valence electrons. The van der Waals surface area contributed by atoms with Crippen molar-refractivity contribution in [2.45, 2.75) is 0 Å². The zero-order chi connectivity index (χ0) is 15.4. The van der Waals surface area contributed by atoms with Gasteiger partial charge in [0.1, 0.15) is 0 Å². The molecule has 0 aromatic heterocycles. The SMILES string of the molecule is COC[C@@H]1CN(C(=O)c2ccc(C#N)cc2)C[C@H]1C(N)=O. The standard InChI is InChI=1S/C15H17N3O3/c1-21-9-12-7-18(8-13(12)14(17)19)15(20)11-4-2-10(6-16)3-5-11/h2-5,12-13H,7-9H2,1H3,(H2,17,19)/t12-,13+/m0/s1. The molecule has 0 bridgehead atoms. The van der Waals surface area contributed by atoms with E-state index in [1.807, 2.05) is 6.07 Å². The van der Waals surface area contributed by atoms with Crippen LogP contribution in [0.25, 0.3) is 0 Å². The zero-order valence-electron chi connectivity index (χ0n) is 11.8. The van der Waals surface area contributed by atoms with Gasteiger partial charge in [0.05, 0.1) is 24.2 Å². The maximum atomic E-state index is 12.4. The number of carbonyl (C=O) groups excluding carboxylic acids is 2. The lowest BCUT2D eigenvalue weighted by Gasteiger charge is -2.16. The van der Waals surface area contributed by atoms with E-state index in [1.54, 1.807) is 36.3 Å². The first-order valence-corrected chi connectivity index (χ1v) is 6.64. The lowest BCUT2D eigenvalue weighted by Crippen LogP contribution is -2.32. The van der Waals surface area contributed by atoms with E-state index in [-0.39, 0.29) is 17.7 Å². The molecule has 0 spiro atoms. The molecule has 1 aromatic carbocycles. The van der Waals surface area contributed by atoms with E-state index in [2.05, 4.69) is 0 Å². The lowest BCUT2D eigenvalue weighted by molar-refractivity contribution is -0.122. The number of ether oxygens (including phenoxy) is 1. The Balaban J connectivity index is 2.12. The topological polar surface area (TPSA) is 96.4 Å². The van der Waals surface area contributed by atoms with Crippen molar-refractivity contribution >= 4 is 11.8 Å². The Bertz CT molecular complexity index is 577. The molecule has 1 aromatic rings. The number of nitrogens with two attached hydrogens (primary N) is 1. The van der Waals surface area contributed by atoms with Gasteiger partial charge in [0.2, 0.25) is 5.91 Å². The largest absolute Gasteiger partial charge is 0.384 e. The van der Waals surface area contributed by atoms with Crippen LogP contribution in [-0.4, -0.2) is 43.5 Å². The van der Waals surface area contributed by atoms with Gasteiger partial charge in [-0.3, -0.25) is 9.59 Å². The van der Waals surface area contributed by atoms with Gasteiger partial charge >= 0.3 is 0 Å². The summed E-state index contributed by atoms with van der Waals surface area (Å²) in [5.41, 5.74) is 6.38. The molecule has 0 unspecified atom stereocenters. The van der Waals surface area contributed by atoms with E-state index in [0.29, 0.717) is 30.8 Å². The average Bonchev–Trinajstić information content (AvgIpc) is 2.91. The number of benzene rings is 1. The maximum absolute atomic E-state index is 12.4. The monoisotopic (exact) mass is 287 g/mol. The summed E-state index contributed by atoms with van der Waals surface area (Å²) in [6.45, 7) is 1.15. The van der Waals surface area contributed by atoms with Crippen molar-refractivity contribution in [3.63, 3.8) is 0 Å². The summed E-state index contributed by atoms with van der Waals surface area (Å²) in [4.78, 5) is 25.5. The number of amides is 2. The number of methoxy groups -OCH3 is 1. The van der Waals surface area contributed by atoms with Crippen LogP contribution >= 0.6 is 0 Å². The van der Waals surface area contributed by atoms with Crippen LogP contribution in [0.3, 0.4) is 0 Å². The molecule has 2 N–H and O–H groups in total. The van der Waals surface area contributed by atoms with Crippen molar-refractivity contribution in [2.75, 3.05) is 26.8 Å². The van der Waals surface area contributed by atoms with Crippen LogP contribution in [0.15, 0.2) is 24.3 Å². The Labute approximate surface area is 123 Å². The number of hydrogen-bond acceptors (Lipinski definition) is 4. The molecular formula is C15H17N3O3. The molecule has 1 aliphatic heterocycles. The zero-order valence-corrected chi connectivity index (χ0v) is 11.8. The van der Waals surface area contributed by atoms with Gasteiger partial charge in [-0.25, -0.2) is 0 Å². The van der Waals surface area contributed by atoms with E-state index < -0.39 is 5.91 Å². The molecule has 2 rings (SSSR count). The Morgan fingerprint density at radius 1 is 1.38 bits per heavy atom. The predicted octanol–water partition coefficient (Wildman–Crippen LogP) is 0.378. The first-order valence-electron chi connectivity index (χ1n) is 6.64. The highest BCUT2D eigenvalue weighted by molar-refractivity contribution is 5.95. The minimum Gasteiger partial charge on any atom is -0.384 e. The summed E-state index contributed by atoms with van der Waals surface area (Å²) in [5, 5.41) is 8.76. The number of likely N-dealkylation sites (tertiary alicyclic amines) is 1. The molecule has 0 radical (unpaired) electrons. The third-order valence-corrected chi connectivity index (χ3v) is 3.74. The van der Waals surface area contributed by atoms with E-state index >= 15 is 0 Å². The molecule has 2 atom stereocenters. The van der Waals surface area contributed by atoms with Crippen LogP contribution in [0.2, 0.25) is 0 Å². The van der Waals surface area contributed by atoms with Crippen molar-refractivity contribution in [1.82, 2.24) is 4.90 Å². The van der Waals surface area contributed by atoms with Crippen LogP contribution in [0.5, 0.6) is 0 Å². The van der Waals surface area contributed by atoms with E-state index in [9.17, 15) is 9.59 Å². The molecule has 21 heavy (non-hydrogen) atoms. The summed E-state index contributed by atoms with van der Waals surface area (Å²) >= 11 is 0. The quantitative estimate of drug-likeness (QED) is 0.865. The summed E-state index contributed by atoms with van der Waals surface area (Å²) in [5.74, 6) is -1.03.